The quantitative estimate of drug-likeness (QED) is 0.876. The van der Waals surface area contributed by atoms with Crippen LogP contribution in [0, 0.1) is 5.92 Å². The van der Waals surface area contributed by atoms with Crippen molar-refractivity contribution < 1.29 is 0 Å². The van der Waals surface area contributed by atoms with Crippen LogP contribution in [-0.2, 0) is 13.1 Å². The van der Waals surface area contributed by atoms with Crippen molar-refractivity contribution in [2.45, 2.75) is 26.1 Å². The minimum absolute atomic E-state index is 0.629. The fourth-order valence-electron chi connectivity index (χ4n) is 2.89. The fourth-order valence-corrected chi connectivity index (χ4v) is 2.89. The van der Waals surface area contributed by atoms with Gasteiger partial charge < -0.3 is 10.6 Å². The van der Waals surface area contributed by atoms with Crippen LogP contribution in [0.4, 0.5) is 0 Å². The van der Waals surface area contributed by atoms with Crippen LogP contribution < -0.4 is 5.73 Å². The molecule has 1 heterocycles. The van der Waals surface area contributed by atoms with E-state index in [9.17, 15) is 0 Å². The van der Waals surface area contributed by atoms with E-state index in [1.54, 1.807) is 0 Å². The normalized spacial score (nSPS) is 24.9. The number of nitrogens with zero attached hydrogens (tertiary/aromatic N) is 2. The summed E-state index contributed by atoms with van der Waals surface area (Å²) in [6.45, 7) is 6.40. The Kier molecular flexibility index (Phi) is 4.38. The zero-order valence-corrected chi connectivity index (χ0v) is 11.8. The first-order valence-corrected chi connectivity index (χ1v) is 6.77. The largest absolute Gasteiger partial charge is 0.326 e. The molecular formula is C15H25N3. The molecule has 1 aromatic carbocycles. The average Bonchev–Trinajstić information content (AvgIpc) is 2.71. The van der Waals surface area contributed by atoms with Crippen molar-refractivity contribution in [1.82, 2.24) is 9.80 Å². The first-order chi connectivity index (χ1) is 8.60. The highest BCUT2D eigenvalue weighted by molar-refractivity contribution is 5.22. The lowest BCUT2D eigenvalue weighted by atomic mass is 10.1. The minimum atomic E-state index is 0.629. The Morgan fingerprint density at radius 3 is 2.28 bits per heavy atom. The lowest BCUT2D eigenvalue weighted by Crippen LogP contribution is -2.34. The summed E-state index contributed by atoms with van der Waals surface area (Å²) in [4.78, 5) is 4.90. The van der Waals surface area contributed by atoms with Gasteiger partial charge in [0.05, 0.1) is 0 Å². The monoisotopic (exact) mass is 247 g/mol. The predicted molar refractivity (Wildman–Crippen MR) is 76.2 cm³/mol. The number of nitrogens with two attached hydrogens (primary N) is 1. The predicted octanol–water partition coefficient (Wildman–Crippen LogP) is 1.53. The smallest absolute Gasteiger partial charge is 0.0254 e. The summed E-state index contributed by atoms with van der Waals surface area (Å²) in [6.07, 6.45) is 0. The Balaban J connectivity index is 1.94. The highest BCUT2D eigenvalue weighted by Gasteiger charge is 2.30. The lowest BCUT2D eigenvalue weighted by molar-refractivity contribution is 0.250. The van der Waals surface area contributed by atoms with E-state index < -0.39 is 0 Å². The molecule has 0 amide bonds. The molecule has 1 aromatic rings. The van der Waals surface area contributed by atoms with Gasteiger partial charge in [-0.15, -0.1) is 0 Å². The van der Waals surface area contributed by atoms with Crippen LogP contribution in [0.5, 0.6) is 0 Å². The maximum Gasteiger partial charge on any atom is 0.0254 e. The molecule has 0 radical (unpaired) electrons. The van der Waals surface area contributed by atoms with Crippen molar-refractivity contribution in [3.8, 4) is 0 Å². The Labute approximate surface area is 111 Å². The number of hydrogen-bond acceptors (Lipinski definition) is 3. The van der Waals surface area contributed by atoms with Crippen LogP contribution in [0.2, 0.25) is 0 Å². The molecule has 1 aliphatic heterocycles. The average molecular weight is 247 g/mol. The number of hydrogen-bond donors (Lipinski definition) is 1. The van der Waals surface area contributed by atoms with E-state index >= 15 is 0 Å². The van der Waals surface area contributed by atoms with Crippen LogP contribution in [0.3, 0.4) is 0 Å². The third kappa shape index (κ3) is 3.10. The summed E-state index contributed by atoms with van der Waals surface area (Å²) in [5.74, 6) is 0.753. The Hall–Kier alpha value is -0.900. The number of rotatable bonds is 4. The van der Waals surface area contributed by atoms with E-state index in [0.717, 1.165) is 12.5 Å². The van der Waals surface area contributed by atoms with Gasteiger partial charge in [0.15, 0.2) is 0 Å². The summed E-state index contributed by atoms with van der Waals surface area (Å²) < 4.78 is 0. The molecule has 18 heavy (non-hydrogen) atoms. The van der Waals surface area contributed by atoms with Crippen molar-refractivity contribution in [1.29, 1.82) is 0 Å². The number of likely N-dealkylation sites (N-methyl/N-ethyl adjacent to an activating group) is 1. The third-order valence-corrected chi connectivity index (χ3v) is 3.98. The van der Waals surface area contributed by atoms with Gasteiger partial charge >= 0.3 is 0 Å². The Morgan fingerprint density at radius 1 is 1.17 bits per heavy atom. The summed E-state index contributed by atoms with van der Waals surface area (Å²) in [5, 5.41) is 0. The molecule has 0 aromatic heterocycles. The van der Waals surface area contributed by atoms with Crippen LogP contribution in [0.15, 0.2) is 24.3 Å². The van der Waals surface area contributed by atoms with Crippen LogP contribution in [-0.4, -0.2) is 43.0 Å². The maximum atomic E-state index is 5.62. The second-order valence-corrected chi connectivity index (χ2v) is 5.72. The van der Waals surface area contributed by atoms with E-state index in [0.29, 0.717) is 12.6 Å². The van der Waals surface area contributed by atoms with Crippen LogP contribution in [0.1, 0.15) is 18.1 Å². The molecule has 0 aliphatic carbocycles. The summed E-state index contributed by atoms with van der Waals surface area (Å²) in [6, 6.07) is 9.37. The van der Waals surface area contributed by atoms with Gasteiger partial charge in [0.2, 0.25) is 0 Å². The molecule has 2 unspecified atom stereocenters. The zero-order valence-electron chi connectivity index (χ0n) is 11.8. The molecule has 2 N–H and O–H groups in total. The molecular weight excluding hydrogens is 222 g/mol. The van der Waals surface area contributed by atoms with E-state index in [2.05, 4.69) is 55.1 Å². The van der Waals surface area contributed by atoms with Gasteiger partial charge in [0.25, 0.3) is 0 Å². The third-order valence-electron chi connectivity index (χ3n) is 3.98. The van der Waals surface area contributed by atoms with E-state index in [1.807, 2.05) is 0 Å². The van der Waals surface area contributed by atoms with Gasteiger partial charge in [0.1, 0.15) is 0 Å². The Morgan fingerprint density at radius 2 is 1.78 bits per heavy atom. The topological polar surface area (TPSA) is 32.5 Å². The van der Waals surface area contributed by atoms with Crippen LogP contribution in [0.25, 0.3) is 0 Å². The molecule has 0 spiro atoms. The molecule has 0 bridgehead atoms. The van der Waals surface area contributed by atoms with Crippen molar-refractivity contribution in [2.24, 2.45) is 11.7 Å². The molecule has 2 atom stereocenters. The molecule has 3 heteroatoms. The number of benzene rings is 1. The van der Waals surface area contributed by atoms with Crippen molar-refractivity contribution in [2.75, 3.05) is 27.2 Å². The Bertz CT molecular complexity index is 372. The fraction of sp³-hybridized carbons (Fsp3) is 0.600. The molecule has 1 saturated heterocycles. The highest BCUT2D eigenvalue weighted by atomic mass is 15.2. The highest BCUT2D eigenvalue weighted by Crippen LogP contribution is 2.21. The van der Waals surface area contributed by atoms with E-state index in [1.165, 1.54) is 24.2 Å². The molecule has 3 nitrogen and oxygen atoms in total. The van der Waals surface area contributed by atoms with Crippen molar-refractivity contribution >= 4 is 0 Å². The summed E-state index contributed by atoms with van der Waals surface area (Å²) >= 11 is 0. The van der Waals surface area contributed by atoms with Gasteiger partial charge in [-0.2, -0.15) is 0 Å². The van der Waals surface area contributed by atoms with Crippen LogP contribution >= 0.6 is 0 Å². The van der Waals surface area contributed by atoms with Crippen molar-refractivity contribution in [3.05, 3.63) is 35.4 Å². The van der Waals surface area contributed by atoms with Gasteiger partial charge in [-0.25, -0.2) is 0 Å². The first-order valence-electron chi connectivity index (χ1n) is 6.77. The zero-order chi connectivity index (χ0) is 13.1. The van der Waals surface area contributed by atoms with Crippen molar-refractivity contribution in [3.63, 3.8) is 0 Å². The van der Waals surface area contributed by atoms with E-state index in [4.69, 9.17) is 5.73 Å². The SMILES string of the molecule is CC1CN(Cc2ccc(CN)cc2)CC1N(C)C. The maximum absolute atomic E-state index is 5.62. The summed E-state index contributed by atoms with van der Waals surface area (Å²) in [7, 11) is 4.36. The summed E-state index contributed by atoms with van der Waals surface area (Å²) in [5.41, 5.74) is 8.21. The minimum Gasteiger partial charge on any atom is -0.326 e. The lowest BCUT2D eigenvalue weighted by Gasteiger charge is -2.22. The molecule has 1 fully saturated rings. The second-order valence-electron chi connectivity index (χ2n) is 5.72. The molecule has 1 aliphatic rings. The van der Waals surface area contributed by atoms with Gasteiger partial charge in [0, 0.05) is 32.2 Å². The molecule has 2 rings (SSSR count). The standard InChI is InChI=1S/C15H25N3/c1-12-9-18(11-15(12)17(2)3)10-14-6-4-13(8-16)5-7-14/h4-7,12,15H,8-11,16H2,1-3H3. The van der Waals surface area contributed by atoms with Gasteiger partial charge in [-0.1, -0.05) is 31.2 Å². The van der Waals surface area contributed by atoms with Gasteiger partial charge in [-0.3, -0.25) is 4.90 Å². The molecule has 100 valence electrons. The first kappa shape index (κ1) is 13.5. The number of likely N-dealkylation sites (tertiary alicyclic amines) is 1. The molecule has 0 saturated carbocycles. The second kappa shape index (κ2) is 5.83. The van der Waals surface area contributed by atoms with E-state index in [-0.39, 0.29) is 0 Å². The van der Waals surface area contributed by atoms with Gasteiger partial charge in [-0.05, 0) is 31.1 Å².